The molecule has 0 aliphatic heterocycles. The lowest BCUT2D eigenvalue weighted by Gasteiger charge is -2.02. The highest BCUT2D eigenvalue weighted by molar-refractivity contribution is 7.91. The number of hydrogen-bond acceptors (Lipinski definition) is 7. The number of carbonyl (C=O) groups is 1. The summed E-state index contributed by atoms with van der Waals surface area (Å²) in [5.74, 6) is -0.532. The standard InChI is InChI=1S/C8H12N4O5S2/c9-6(13)2-1-3-11-19(16,17)7-4-5(12(14)15)8(10)18-7/h4,11H,1-3,10H2,(H2,9,13). The van der Waals surface area contributed by atoms with Gasteiger partial charge in [0.1, 0.15) is 4.21 Å². The van der Waals surface area contributed by atoms with E-state index in [0.29, 0.717) is 11.3 Å². The van der Waals surface area contributed by atoms with Crippen molar-refractivity contribution in [1.29, 1.82) is 0 Å². The van der Waals surface area contributed by atoms with Crippen LogP contribution in [0.25, 0.3) is 0 Å². The SMILES string of the molecule is NC(=O)CCCNS(=O)(=O)c1cc([N+](=O)[O-])c(N)s1. The van der Waals surface area contributed by atoms with Crippen LogP contribution in [0.1, 0.15) is 12.8 Å². The molecule has 0 radical (unpaired) electrons. The molecule has 1 heterocycles. The third kappa shape index (κ3) is 4.15. The Morgan fingerprint density at radius 2 is 2.16 bits per heavy atom. The van der Waals surface area contributed by atoms with E-state index in [2.05, 4.69) is 4.72 Å². The molecule has 0 aliphatic rings. The summed E-state index contributed by atoms with van der Waals surface area (Å²) in [6, 6.07) is 0.899. The van der Waals surface area contributed by atoms with Crippen LogP contribution in [-0.4, -0.2) is 25.8 Å². The van der Waals surface area contributed by atoms with Crippen LogP contribution in [0, 0.1) is 10.1 Å². The van der Waals surface area contributed by atoms with Gasteiger partial charge < -0.3 is 11.5 Å². The summed E-state index contributed by atoms with van der Waals surface area (Å²) in [5, 5.41) is 10.4. The summed E-state index contributed by atoms with van der Waals surface area (Å²) in [6.45, 7) is 0.0108. The predicted octanol–water partition coefficient (Wildman–Crippen LogP) is -0.218. The van der Waals surface area contributed by atoms with Gasteiger partial charge in [-0.2, -0.15) is 0 Å². The zero-order valence-corrected chi connectivity index (χ0v) is 11.3. The van der Waals surface area contributed by atoms with Gasteiger partial charge in [0.15, 0.2) is 5.00 Å². The van der Waals surface area contributed by atoms with Crippen LogP contribution in [0.3, 0.4) is 0 Å². The van der Waals surface area contributed by atoms with Crippen LogP contribution in [0.2, 0.25) is 0 Å². The summed E-state index contributed by atoms with van der Waals surface area (Å²) in [4.78, 5) is 20.3. The van der Waals surface area contributed by atoms with E-state index in [9.17, 15) is 23.3 Å². The number of sulfonamides is 1. The largest absolute Gasteiger partial charge is 0.385 e. The molecule has 0 aromatic carbocycles. The van der Waals surface area contributed by atoms with Gasteiger partial charge in [-0.3, -0.25) is 14.9 Å². The van der Waals surface area contributed by atoms with Crippen LogP contribution < -0.4 is 16.2 Å². The van der Waals surface area contributed by atoms with E-state index in [1.807, 2.05) is 0 Å². The fraction of sp³-hybridized carbons (Fsp3) is 0.375. The van der Waals surface area contributed by atoms with Crippen LogP contribution in [-0.2, 0) is 14.8 Å². The lowest BCUT2D eigenvalue weighted by atomic mass is 10.3. The van der Waals surface area contributed by atoms with E-state index >= 15 is 0 Å². The number of anilines is 1. The Labute approximate surface area is 112 Å². The fourth-order valence-electron chi connectivity index (χ4n) is 1.19. The average Bonchev–Trinajstić information content (AvgIpc) is 2.67. The molecule has 1 rings (SSSR count). The minimum atomic E-state index is -3.86. The molecule has 1 aromatic heterocycles. The molecule has 0 unspecified atom stereocenters. The molecule has 0 saturated heterocycles. The monoisotopic (exact) mass is 308 g/mol. The lowest BCUT2D eigenvalue weighted by Crippen LogP contribution is -2.25. The maximum Gasteiger partial charge on any atom is 0.304 e. The van der Waals surface area contributed by atoms with Crippen LogP contribution in [0.15, 0.2) is 10.3 Å². The first kappa shape index (κ1) is 15.3. The number of nitrogen functional groups attached to an aromatic ring is 1. The smallest absolute Gasteiger partial charge is 0.304 e. The summed E-state index contributed by atoms with van der Waals surface area (Å²) >= 11 is 0.608. The van der Waals surface area contributed by atoms with E-state index in [4.69, 9.17) is 11.5 Å². The van der Waals surface area contributed by atoms with Crippen molar-refractivity contribution in [1.82, 2.24) is 4.72 Å². The van der Waals surface area contributed by atoms with Crippen molar-refractivity contribution in [3.63, 3.8) is 0 Å². The van der Waals surface area contributed by atoms with Gasteiger partial charge in [0.05, 0.1) is 4.92 Å². The molecule has 5 N–H and O–H groups in total. The average molecular weight is 308 g/mol. The Hall–Kier alpha value is -1.72. The van der Waals surface area contributed by atoms with Crippen LogP contribution in [0.4, 0.5) is 10.7 Å². The molecule has 1 aromatic rings. The van der Waals surface area contributed by atoms with Gasteiger partial charge in [-0.05, 0) is 6.42 Å². The maximum absolute atomic E-state index is 11.8. The van der Waals surface area contributed by atoms with Gasteiger partial charge in [0.2, 0.25) is 15.9 Å². The first-order chi connectivity index (χ1) is 8.74. The molecule has 0 atom stereocenters. The van der Waals surface area contributed by atoms with E-state index < -0.39 is 26.5 Å². The summed E-state index contributed by atoms with van der Waals surface area (Å²) in [7, 11) is -3.86. The van der Waals surface area contributed by atoms with Gasteiger partial charge in [0.25, 0.3) is 0 Å². The van der Waals surface area contributed by atoms with Crippen molar-refractivity contribution in [2.24, 2.45) is 5.73 Å². The summed E-state index contributed by atoms with van der Waals surface area (Å²) < 4.78 is 25.5. The van der Waals surface area contributed by atoms with Crippen LogP contribution in [0.5, 0.6) is 0 Å². The van der Waals surface area contributed by atoms with Crippen molar-refractivity contribution < 1.29 is 18.1 Å². The molecule has 0 fully saturated rings. The maximum atomic E-state index is 11.8. The van der Waals surface area contributed by atoms with Gasteiger partial charge in [-0.15, -0.1) is 0 Å². The van der Waals surface area contributed by atoms with E-state index in [0.717, 1.165) is 6.07 Å². The topological polar surface area (TPSA) is 158 Å². The Morgan fingerprint density at radius 1 is 1.53 bits per heavy atom. The Balaban J connectivity index is 2.75. The van der Waals surface area contributed by atoms with E-state index in [1.165, 1.54) is 0 Å². The number of hydrogen-bond donors (Lipinski definition) is 3. The van der Waals surface area contributed by atoms with Gasteiger partial charge in [-0.1, -0.05) is 11.3 Å². The number of nitrogens with zero attached hydrogens (tertiary/aromatic N) is 1. The van der Waals surface area contributed by atoms with Crippen LogP contribution >= 0.6 is 11.3 Å². The summed E-state index contributed by atoms with van der Waals surface area (Å²) in [5.41, 5.74) is 9.82. The first-order valence-electron chi connectivity index (χ1n) is 5.05. The molecule has 19 heavy (non-hydrogen) atoms. The molecule has 9 nitrogen and oxygen atoms in total. The number of thiophene rings is 1. The van der Waals surface area contributed by atoms with Gasteiger partial charge >= 0.3 is 5.69 Å². The number of carbonyl (C=O) groups excluding carboxylic acids is 1. The molecule has 1 amide bonds. The fourth-order valence-corrected chi connectivity index (χ4v) is 3.52. The highest BCUT2D eigenvalue weighted by atomic mass is 32.2. The number of rotatable bonds is 7. The van der Waals surface area contributed by atoms with E-state index in [1.54, 1.807) is 0 Å². The number of amides is 1. The molecular weight excluding hydrogens is 296 g/mol. The van der Waals surface area contributed by atoms with Crippen molar-refractivity contribution >= 4 is 38.0 Å². The minimum Gasteiger partial charge on any atom is -0.385 e. The molecule has 0 saturated carbocycles. The Kier molecular flexibility index (Phi) is 4.80. The summed E-state index contributed by atoms with van der Waals surface area (Å²) in [6.07, 6.45) is 0.298. The molecule has 0 bridgehead atoms. The van der Waals surface area contributed by atoms with Gasteiger partial charge in [0, 0.05) is 19.0 Å². The second kappa shape index (κ2) is 5.95. The second-order valence-corrected chi connectivity index (χ2v) is 6.62. The van der Waals surface area contributed by atoms with E-state index in [-0.39, 0.29) is 28.6 Å². The molecule has 11 heteroatoms. The third-order valence-electron chi connectivity index (χ3n) is 2.07. The number of nitro groups is 1. The normalized spacial score (nSPS) is 11.4. The molecule has 106 valence electrons. The highest BCUT2D eigenvalue weighted by Crippen LogP contribution is 2.34. The number of primary amides is 1. The number of nitrogens with one attached hydrogen (secondary N) is 1. The number of nitrogens with two attached hydrogens (primary N) is 2. The van der Waals surface area contributed by atoms with Crippen molar-refractivity contribution in [2.75, 3.05) is 12.3 Å². The molecule has 0 aliphatic carbocycles. The van der Waals surface area contributed by atoms with Crippen molar-refractivity contribution in [3.8, 4) is 0 Å². The second-order valence-electron chi connectivity index (χ2n) is 3.54. The zero-order chi connectivity index (χ0) is 14.6. The molecular formula is C8H12N4O5S2. The predicted molar refractivity (Wildman–Crippen MR) is 69.0 cm³/mol. The Morgan fingerprint density at radius 3 is 2.63 bits per heavy atom. The lowest BCUT2D eigenvalue weighted by molar-refractivity contribution is -0.383. The quantitative estimate of drug-likeness (QED) is 0.359. The minimum absolute atomic E-state index is 0.0108. The van der Waals surface area contributed by atoms with Crippen molar-refractivity contribution in [2.45, 2.75) is 17.1 Å². The highest BCUT2D eigenvalue weighted by Gasteiger charge is 2.24. The first-order valence-corrected chi connectivity index (χ1v) is 7.35. The Bertz CT molecular complexity index is 594. The van der Waals surface area contributed by atoms with Crippen molar-refractivity contribution in [3.05, 3.63) is 16.2 Å². The van der Waals surface area contributed by atoms with Gasteiger partial charge in [-0.25, -0.2) is 13.1 Å². The zero-order valence-electron chi connectivity index (χ0n) is 9.66. The molecule has 0 spiro atoms. The third-order valence-corrected chi connectivity index (χ3v) is 4.96.